The summed E-state index contributed by atoms with van der Waals surface area (Å²) in [6.07, 6.45) is 0.687. The maximum atomic E-state index is 12.3. The van der Waals surface area contributed by atoms with Crippen LogP contribution in [0.2, 0.25) is 0 Å². The topological polar surface area (TPSA) is 78.5 Å². The van der Waals surface area contributed by atoms with E-state index in [1.807, 2.05) is 13.8 Å². The van der Waals surface area contributed by atoms with E-state index in [2.05, 4.69) is 10.0 Å². The molecule has 1 amide bonds. The molecule has 1 aromatic carbocycles. The van der Waals surface area contributed by atoms with Crippen molar-refractivity contribution in [2.24, 2.45) is 0 Å². The molecule has 1 aliphatic rings. The zero-order chi connectivity index (χ0) is 16.3. The third-order valence-electron chi connectivity index (χ3n) is 3.77. The van der Waals surface area contributed by atoms with Crippen LogP contribution in [0, 0.1) is 0 Å². The minimum atomic E-state index is -3.53. The number of benzene rings is 1. The molecule has 0 aromatic heterocycles. The molecule has 1 heterocycles. The van der Waals surface area contributed by atoms with Crippen molar-refractivity contribution in [2.45, 2.75) is 38.1 Å². The largest absolute Gasteiger partial charge is 0.313 e. The zero-order valence-electron chi connectivity index (χ0n) is 13.2. The second kappa shape index (κ2) is 6.76. The molecule has 0 bridgehead atoms. The highest BCUT2D eigenvalue weighted by atomic mass is 32.2. The van der Waals surface area contributed by atoms with Gasteiger partial charge in [-0.3, -0.25) is 4.79 Å². The van der Waals surface area contributed by atoms with Gasteiger partial charge in [0.2, 0.25) is 15.9 Å². The van der Waals surface area contributed by atoms with E-state index in [0.29, 0.717) is 19.5 Å². The molecular weight excluding hydrogens is 302 g/mol. The predicted molar refractivity (Wildman–Crippen MR) is 86.5 cm³/mol. The zero-order valence-corrected chi connectivity index (χ0v) is 14.0. The van der Waals surface area contributed by atoms with Crippen molar-refractivity contribution in [3.8, 4) is 0 Å². The van der Waals surface area contributed by atoms with Crippen molar-refractivity contribution in [1.29, 1.82) is 0 Å². The fourth-order valence-corrected chi connectivity index (χ4v) is 3.79. The number of amides is 1. The average molecular weight is 325 g/mol. The standard InChI is InChI=1S/C15H23N3O3S/c1-4-16-11(2)10-17-22(20,21)14-5-6-15-13(9-14)7-8-18(15)12(3)19/h5-6,9,11,16-17H,4,7-8,10H2,1-3H3/t11-/m1/s1. The Balaban J connectivity index is 2.15. The number of rotatable bonds is 6. The van der Waals surface area contributed by atoms with Gasteiger partial charge in [0.15, 0.2) is 0 Å². The molecule has 122 valence electrons. The van der Waals surface area contributed by atoms with Crippen molar-refractivity contribution >= 4 is 21.6 Å². The molecule has 6 nitrogen and oxygen atoms in total. The molecule has 0 saturated carbocycles. The highest BCUT2D eigenvalue weighted by molar-refractivity contribution is 7.89. The number of carbonyl (C=O) groups excluding carboxylic acids is 1. The Kier molecular flexibility index (Phi) is 5.20. The molecule has 0 fully saturated rings. The molecule has 2 N–H and O–H groups in total. The van der Waals surface area contributed by atoms with Crippen LogP contribution in [0.15, 0.2) is 23.1 Å². The molecule has 22 heavy (non-hydrogen) atoms. The molecule has 1 atom stereocenters. The normalized spacial score (nSPS) is 15.7. The average Bonchev–Trinajstić information content (AvgIpc) is 2.88. The lowest BCUT2D eigenvalue weighted by Crippen LogP contribution is -2.38. The monoisotopic (exact) mass is 325 g/mol. The molecule has 1 aliphatic heterocycles. The highest BCUT2D eigenvalue weighted by Gasteiger charge is 2.24. The van der Waals surface area contributed by atoms with Crippen LogP contribution in [0.3, 0.4) is 0 Å². The van der Waals surface area contributed by atoms with Crippen molar-refractivity contribution in [2.75, 3.05) is 24.5 Å². The van der Waals surface area contributed by atoms with Gasteiger partial charge in [-0.1, -0.05) is 6.92 Å². The third-order valence-corrected chi connectivity index (χ3v) is 5.19. The summed E-state index contributed by atoms with van der Waals surface area (Å²) in [7, 11) is -3.53. The Bertz CT molecular complexity index is 658. The Morgan fingerprint density at radius 2 is 2.14 bits per heavy atom. The quantitative estimate of drug-likeness (QED) is 0.813. The Morgan fingerprint density at radius 1 is 1.41 bits per heavy atom. The van der Waals surface area contributed by atoms with E-state index in [4.69, 9.17) is 0 Å². The van der Waals surface area contributed by atoms with E-state index in [1.54, 1.807) is 23.1 Å². The number of hydrogen-bond donors (Lipinski definition) is 2. The van der Waals surface area contributed by atoms with Crippen LogP contribution in [0.4, 0.5) is 5.69 Å². The van der Waals surface area contributed by atoms with Crippen molar-refractivity contribution in [1.82, 2.24) is 10.0 Å². The summed E-state index contributed by atoms with van der Waals surface area (Å²) < 4.78 is 27.3. The van der Waals surface area contributed by atoms with Crippen LogP contribution in [-0.4, -0.2) is 40.0 Å². The van der Waals surface area contributed by atoms with Crippen LogP contribution in [0.25, 0.3) is 0 Å². The number of carbonyl (C=O) groups is 1. The second-order valence-electron chi connectivity index (χ2n) is 5.52. The molecular formula is C15H23N3O3S. The number of anilines is 1. The first kappa shape index (κ1) is 16.9. The summed E-state index contributed by atoms with van der Waals surface area (Å²) in [5.74, 6) is -0.0213. The van der Waals surface area contributed by atoms with Gasteiger partial charge < -0.3 is 10.2 Å². The molecule has 0 unspecified atom stereocenters. The van der Waals surface area contributed by atoms with Gasteiger partial charge in [0.1, 0.15) is 0 Å². The molecule has 0 saturated heterocycles. The number of nitrogens with zero attached hydrogens (tertiary/aromatic N) is 1. The van der Waals surface area contributed by atoms with E-state index < -0.39 is 10.0 Å². The lowest BCUT2D eigenvalue weighted by atomic mass is 10.2. The maximum absolute atomic E-state index is 12.3. The number of hydrogen-bond acceptors (Lipinski definition) is 4. The van der Waals surface area contributed by atoms with Gasteiger partial charge in [0, 0.05) is 31.7 Å². The minimum absolute atomic E-state index is 0.0213. The van der Waals surface area contributed by atoms with Gasteiger partial charge in [-0.25, -0.2) is 13.1 Å². The second-order valence-corrected chi connectivity index (χ2v) is 7.29. The van der Waals surface area contributed by atoms with E-state index in [0.717, 1.165) is 17.8 Å². The summed E-state index contributed by atoms with van der Waals surface area (Å²) in [5.41, 5.74) is 1.71. The third kappa shape index (κ3) is 3.66. The van der Waals surface area contributed by atoms with Gasteiger partial charge in [-0.2, -0.15) is 0 Å². The Morgan fingerprint density at radius 3 is 2.77 bits per heavy atom. The fraction of sp³-hybridized carbons (Fsp3) is 0.533. The summed E-state index contributed by atoms with van der Waals surface area (Å²) in [5, 5.41) is 3.16. The van der Waals surface area contributed by atoms with Crippen molar-refractivity contribution in [3.05, 3.63) is 23.8 Å². The van der Waals surface area contributed by atoms with Gasteiger partial charge in [-0.05, 0) is 43.7 Å². The smallest absolute Gasteiger partial charge is 0.240 e. The molecule has 2 rings (SSSR count). The number of nitrogens with one attached hydrogen (secondary N) is 2. The number of likely N-dealkylation sites (N-methyl/N-ethyl adjacent to an activating group) is 1. The molecule has 0 aliphatic carbocycles. The minimum Gasteiger partial charge on any atom is -0.313 e. The van der Waals surface area contributed by atoms with Gasteiger partial charge in [-0.15, -0.1) is 0 Å². The van der Waals surface area contributed by atoms with Crippen molar-refractivity contribution in [3.63, 3.8) is 0 Å². The van der Waals surface area contributed by atoms with E-state index >= 15 is 0 Å². The lowest BCUT2D eigenvalue weighted by molar-refractivity contribution is -0.116. The van der Waals surface area contributed by atoms with Crippen LogP contribution < -0.4 is 14.9 Å². The van der Waals surface area contributed by atoms with Gasteiger partial charge >= 0.3 is 0 Å². The SMILES string of the molecule is CCN[C@H](C)CNS(=O)(=O)c1ccc2c(c1)CCN2C(C)=O. The number of sulfonamides is 1. The van der Waals surface area contributed by atoms with Crippen LogP contribution in [0.1, 0.15) is 26.3 Å². The van der Waals surface area contributed by atoms with Crippen molar-refractivity contribution < 1.29 is 13.2 Å². The van der Waals surface area contributed by atoms with Crippen LogP contribution in [0.5, 0.6) is 0 Å². The van der Waals surface area contributed by atoms with E-state index in [-0.39, 0.29) is 16.8 Å². The fourth-order valence-electron chi connectivity index (χ4n) is 2.61. The van der Waals surface area contributed by atoms with Crippen LogP contribution in [-0.2, 0) is 21.2 Å². The summed E-state index contributed by atoms with van der Waals surface area (Å²) >= 11 is 0. The number of fused-ring (bicyclic) bond motifs is 1. The maximum Gasteiger partial charge on any atom is 0.240 e. The highest BCUT2D eigenvalue weighted by Crippen LogP contribution is 2.30. The first-order chi connectivity index (χ1) is 10.3. The van der Waals surface area contributed by atoms with E-state index in [9.17, 15) is 13.2 Å². The molecule has 0 spiro atoms. The van der Waals surface area contributed by atoms with E-state index in [1.165, 1.54) is 6.92 Å². The van der Waals surface area contributed by atoms with Crippen LogP contribution >= 0.6 is 0 Å². The first-order valence-corrected chi connectivity index (χ1v) is 8.97. The van der Waals surface area contributed by atoms with Gasteiger partial charge in [0.25, 0.3) is 0 Å². The molecule has 0 radical (unpaired) electrons. The summed E-state index contributed by atoms with van der Waals surface area (Å²) in [4.78, 5) is 13.4. The Hall–Kier alpha value is -1.44. The Labute approximate surface area is 131 Å². The summed E-state index contributed by atoms with van der Waals surface area (Å²) in [6, 6.07) is 5.01. The molecule has 1 aromatic rings. The summed E-state index contributed by atoms with van der Waals surface area (Å²) in [6.45, 7) is 7.17. The lowest BCUT2D eigenvalue weighted by Gasteiger charge is -2.16. The van der Waals surface area contributed by atoms with Gasteiger partial charge in [0.05, 0.1) is 4.90 Å². The predicted octanol–water partition coefficient (Wildman–Crippen LogP) is 0.872. The first-order valence-electron chi connectivity index (χ1n) is 7.49. The molecule has 7 heteroatoms.